The summed E-state index contributed by atoms with van der Waals surface area (Å²) in [6.07, 6.45) is -2.39. The summed E-state index contributed by atoms with van der Waals surface area (Å²) in [6, 6.07) is 4.05. The molecule has 1 saturated heterocycles. The number of hydrogen-bond donors (Lipinski definition) is 1. The van der Waals surface area contributed by atoms with Gasteiger partial charge in [0.15, 0.2) is 0 Å². The van der Waals surface area contributed by atoms with Gasteiger partial charge in [-0.3, -0.25) is 4.84 Å². The zero-order chi connectivity index (χ0) is 12.2. The molecular weight excluding hydrogens is 299 g/mol. The molecule has 1 heterocycles. The van der Waals surface area contributed by atoms with Gasteiger partial charge in [-0.25, -0.2) is 13.2 Å². The van der Waals surface area contributed by atoms with Crippen LogP contribution in [0.5, 0.6) is 0 Å². The van der Waals surface area contributed by atoms with Gasteiger partial charge in [0.1, 0.15) is 11.4 Å². The molecule has 2 aliphatic rings. The molecule has 6 heteroatoms. The van der Waals surface area contributed by atoms with Crippen LogP contribution in [-0.2, 0) is 10.4 Å². The van der Waals surface area contributed by atoms with Gasteiger partial charge < -0.3 is 0 Å². The zero-order valence-electron chi connectivity index (χ0n) is 8.59. The summed E-state index contributed by atoms with van der Waals surface area (Å²) in [5, 5.41) is 0. The Morgan fingerprint density at radius 2 is 2.24 bits per heavy atom. The highest BCUT2D eigenvalue weighted by molar-refractivity contribution is 9.10. The molecule has 0 aromatic heterocycles. The largest absolute Gasteiger partial charge is 0.297 e. The molecule has 17 heavy (non-hydrogen) atoms. The molecule has 1 saturated carbocycles. The molecule has 0 amide bonds. The molecule has 3 atom stereocenters. The van der Waals surface area contributed by atoms with E-state index in [4.69, 9.17) is 4.84 Å². The average Bonchev–Trinajstić information content (AvgIpc) is 2.97. The van der Waals surface area contributed by atoms with Crippen LogP contribution in [0.1, 0.15) is 12.0 Å². The van der Waals surface area contributed by atoms with Crippen molar-refractivity contribution in [2.45, 2.75) is 24.5 Å². The molecule has 3 rings (SSSR count). The maximum atomic E-state index is 13.8. The minimum Gasteiger partial charge on any atom is -0.297 e. The Morgan fingerprint density at radius 3 is 2.76 bits per heavy atom. The molecule has 2 nitrogen and oxygen atoms in total. The summed E-state index contributed by atoms with van der Waals surface area (Å²) >= 11 is 3.17. The number of hydrogen-bond acceptors (Lipinski definition) is 2. The molecule has 1 aliphatic heterocycles. The molecule has 0 spiro atoms. The third-order valence-electron chi connectivity index (χ3n) is 3.41. The van der Waals surface area contributed by atoms with Crippen LogP contribution in [0.3, 0.4) is 0 Å². The van der Waals surface area contributed by atoms with Crippen LogP contribution < -0.4 is 5.48 Å². The average molecular weight is 308 g/mol. The van der Waals surface area contributed by atoms with E-state index in [1.54, 1.807) is 0 Å². The first-order valence-electron chi connectivity index (χ1n) is 5.22. The standard InChI is InChI=1S/C11H9BrF3NO/c12-5-1-2-8(13)6(3-5)11(10(14)15)7-4-9(7)17-16-11/h1-3,7,9-10,16H,4H2/t7-,9+,11+/m0/s1. The zero-order valence-corrected chi connectivity index (χ0v) is 10.2. The Labute approximate surface area is 104 Å². The van der Waals surface area contributed by atoms with Gasteiger partial charge in [-0.15, -0.1) is 0 Å². The highest BCUT2D eigenvalue weighted by atomic mass is 79.9. The minimum absolute atomic E-state index is 0.0353. The van der Waals surface area contributed by atoms with Gasteiger partial charge in [-0.2, -0.15) is 5.48 Å². The van der Waals surface area contributed by atoms with Gasteiger partial charge in [0.2, 0.25) is 0 Å². The van der Waals surface area contributed by atoms with Crippen LogP contribution >= 0.6 is 15.9 Å². The van der Waals surface area contributed by atoms with E-state index in [2.05, 4.69) is 21.4 Å². The molecule has 1 aromatic carbocycles. The lowest BCUT2D eigenvalue weighted by Crippen LogP contribution is -2.47. The van der Waals surface area contributed by atoms with Gasteiger partial charge >= 0.3 is 0 Å². The lowest BCUT2D eigenvalue weighted by atomic mass is 9.86. The molecule has 2 fully saturated rings. The van der Waals surface area contributed by atoms with Gasteiger partial charge in [-0.05, 0) is 24.6 Å². The summed E-state index contributed by atoms with van der Waals surface area (Å²) in [6.45, 7) is 0. The fraction of sp³-hybridized carbons (Fsp3) is 0.455. The van der Waals surface area contributed by atoms with Crippen LogP contribution in [-0.4, -0.2) is 12.5 Å². The van der Waals surface area contributed by atoms with Crippen molar-refractivity contribution in [2.75, 3.05) is 0 Å². The van der Waals surface area contributed by atoms with E-state index in [0.717, 1.165) is 0 Å². The first kappa shape index (κ1) is 11.5. The van der Waals surface area contributed by atoms with Crippen molar-refractivity contribution < 1.29 is 18.0 Å². The van der Waals surface area contributed by atoms with E-state index in [1.165, 1.54) is 18.2 Å². The number of halogens is 4. The van der Waals surface area contributed by atoms with Crippen LogP contribution in [0.15, 0.2) is 22.7 Å². The summed E-state index contributed by atoms with van der Waals surface area (Å²) < 4.78 is 41.0. The Kier molecular flexibility index (Phi) is 2.50. The maximum Gasteiger partial charge on any atom is 0.263 e. The van der Waals surface area contributed by atoms with Crippen molar-refractivity contribution in [3.05, 3.63) is 34.1 Å². The molecule has 92 valence electrons. The molecule has 1 aliphatic carbocycles. The molecule has 0 unspecified atom stereocenters. The van der Waals surface area contributed by atoms with Gasteiger partial charge in [-0.1, -0.05) is 15.9 Å². The molecule has 1 aromatic rings. The van der Waals surface area contributed by atoms with Crippen LogP contribution in [0.25, 0.3) is 0 Å². The fourth-order valence-electron chi connectivity index (χ4n) is 2.42. The third kappa shape index (κ3) is 1.54. The monoisotopic (exact) mass is 307 g/mol. The topological polar surface area (TPSA) is 21.3 Å². The van der Waals surface area contributed by atoms with Gasteiger partial charge in [0.05, 0.1) is 6.10 Å². The van der Waals surface area contributed by atoms with E-state index in [-0.39, 0.29) is 17.6 Å². The van der Waals surface area contributed by atoms with Crippen molar-refractivity contribution in [2.24, 2.45) is 5.92 Å². The second-order valence-corrected chi connectivity index (χ2v) is 5.31. The Hall–Kier alpha value is -0.590. The van der Waals surface area contributed by atoms with E-state index in [9.17, 15) is 13.2 Å². The maximum absolute atomic E-state index is 13.8. The number of benzene rings is 1. The normalized spacial score (nSPS) is 35.1. The molecule has 0 bridgehead atoms. The molecule has 0 radical (unpaired) electrons. The molecule has 1 N–H and O–H groups in total. The van der Waals surface area contributed by atoms with Gasteiger partial charge in [0, 0.05) is 16.0 Å². The van der Waals surface area contributed by atoms with Crippen molar-refractivity contribution >= 4 is 15.9 Å². The summed E-state index contributed by atoms with van der Waals surface area (Å²) in [5.41, 5.74) is 0.598. The highest BCUT2D eigenvalue weighted by Crippen LogP contribution is 2.55. The van der Waals surface area contributed by atoms with E-state index < -0.39 is 17.8 Å². The van der Waals surface area contributed by atoms with E-state index in [1.807, 2.05) is 0 Å². The third-order valence-corrected chi connectivity index (χ3v) is 3.91. The van der Waals surface area contributed by atoms with Crippen molar-refractivity contribution in [3.63, 3.8) is 0 Å². The SMILES string of the molecule is Fc1ccc(Br)cc1[C@@]1(C(F)F)NO[C@@H]2C[C@@H]21. The summed E-state index contributed by atoms with van der Waals surface area (Å²) in [4.78, 5) is 5.04. The van der Waals surface area contributed by atoms with Gasteiger partial charge in [0.25, 0.3) is 6.43 Å². The highest BCUT2D eigenvalue weighted by Gasteiger charge is 2.66. The Morgan fingerprint density at radius 1 is 1.47 bits per heavy atom. The fourth-order valence-corrected chi connectivity index (χ4v) is 2.78. The summed E-state index contributed by atoms with van der Waals surface area (Å²) in [5.74, 6) is -0.997. The van der Waals surface area contributed by atoms with E-state index >= 15 is 0 Å². The smallest absolute Gasteiger partial charge is 0.263 e. The van der Waals surface area contributed by atoms with Crippen LogP contribution in [0.2, 0.25) is 0 Å². The minimum atomic E-state index is -2.72. The Balaban J connectivity index is 2.13. The van der Waals surface area contributed by atoms with Crippen molar-refractivity contribution in [1.29, 1.82) is 0 Å². The first-order chi connectivity index (χ1) is 8.05. The number of rotatable bonds is 2. The second kappa shape index (κ2) is 3.70. The van der Waals surface area contributed by atoms with Crippen LogP contribution in [0, 0.1) is 11.7 Å². The lowest BCUT2D eigenvalue weighted by Gasteiger charge is -2.30. The summed E-state index contributed by atoms with van der Waals surface area (Å²) in [7, 11) is 0. The second-order valence-electron chi connectivity index (χ2n) is 4.39. The van der Waals surface area contributed by atoms with Crippen molar-refractivity contribution in [1.82, 2.24) is 5.48 Å². The van der Waals surface area contributed by atoms with E-state index in [0.29, 0.717) is 10.9 Å². The number of nitrogens with one attached hydrogen (secondary N) is 1. The predicted octanol–water partition coefficient (Wildman–Crippen LogP) is 2.97. The lowest BCUT2D eigenvalue weighted by molar-refractivity contribution is -0.0567. The number of hydroxylamine groups is 1. The Bertz CT molecular complexity index is 470. The molecular formula is C11H9BrF3NO. The quantitative estimate of drug-likeness (QED) is 0.907. The van der Waals surface area contributed by atoms with Crippen molar-refractivity contribution in [3.8, 4) is 0 Å². The first-order valence-corrected chi connectivity index (χ1v) is 6.01. The number of alkyl halides is 2. The number of fused-ring (bicyclic) bond motifs is 1. The van der Waals surface area contributed by atoms with Crippen LogP contribution in [0.4, 0.5) is 13.2 Å². The predicted molar refractivity (Wildman–Crippen MR) is 57.9 cm³/mol.